The molecule has 0 unspecified atom stereocenters. The molecule has 1 aliphatic heterocycles. The van der Waals surface area contributed by atoms with Gasteiger partial charge in [-0.05, 0) is 82.0 Å². The van der Waals surface area contributed by atoms with Crippen molar-refractivity contribution in [3.8, 4) is 11.5 Å². The first-order valence-corrected chi connectivity index (χ1v) is 12.6. The molecule has 36 heavy (non-hydrogen) atoms. The number of nitrogens with two attached hydrogens (primary N) is 1. The van der Waals surface area contributed by atoms with Gasteiger partial charge in [-0.1, -0.05) is 37.6 Å². The van der Waals surface area contributed by atoms with Crippen LogP contribution in [0, 0.1) is 5.41 Å². The number of anilines is 1. The summed E-state index contributed by atoms with van der Waals surface area (Å²) in [6, 6.07) is 17.5. The van der Waals surface area contributed by atoms with Crippen LogP contribution in [0.5, 0.6) is 11.5 Å². The third-order valence-electron chi connectivity index (χ3n) is 5.86. The molecule has 0 atom stereocenters. The molecule has 0 fully saturated rings. The maximum atomic E-state index is 13.6. The van der Waals surface area contributed by atoms with Crippen molar-refractivity contribution >= 4 is 45.0 Å². The summed E-state index contributed by atoms with van der Waals surface area (Å²) in [5, 5.41) is 3.40. The van der Waals surface area contributed by atoms with Crippen LogP contribution >= 0.6 is 27.5 Å². The summed E-state index contributed by atoms with van der Waals surface area (Å²) in [6.45, 7) is 5.17. The summed E-state index contributed by atoms with van der Waals surface area (Å²) in [5.41, 5.74) is 7.91. The van der Waals surface area contributed by atoms with Gasteiger partial charge < -0.3 is 25.4 Å². The molecular weight excluding hydrogens is 546 g/mol. The first kappa shape index (κ1) is 26.0. The molecule has 0 saturated heterocycles. The van der Waals surface area contributed by atoms with E-state index in [2.05, 4.69) is 21.2 Å². The zero-order chi connectivity index (χ0) is 25.9. The van der Waals surface area contributed by atoms with Crippen molar-refractivity contribution in [2.45, 2.75) is 20.4 Å². The predicted octanol–water partition coefficient (Wildman–Crippen LogP) is 5.71. The highest BCUT2D eigenvalue weighted by Gasteiger charge is 2.27. The Morgan fingerprint density at radius 2 is 1.83 bits per heavy atom. The van der Waals surface area contributed by atoms with Gasteiger partial charge in [-0.25, -0.2) is 0 Å². The number of ether oxygens (including phenoxy) is 2. The van der Waals surface area contributed by atoms with Crippen LogP contribution < -0.4 is 20.5 Å². The number of benzene rings is 3. The lowest BCUT2D eigenvalue weighted by Gasteiger charge is -2.32. The Hall–Kier alpha value is -3.07. The summed E-state index contributed by atoms with van der Waals surface area (Å²) >= 11 is 9.94. The van der Waals surface area contributed by atoms with Crippen LogP contribution in [0.2, 0.25) is 5.02 Å². The second-order valence-corrected chi connectivity index (χ2v) is 10.6. The summed E-state index contributed by atoms with van der Waals surface area (Å²) < 4.78 is 11.5. The van der Waals surface area contributed by atoms with E-state index >= 15 is 0 Å². The minimum absolute atomic E-state index is 0.130. The zero-order valence-corrected chi connectivity index (χ0v) is 22.4. The van der Waals surface area contributed by atoms with E-state index in [1.165, 1.54) is 0 Å². The predicted molar refractivity (Wildman–Crippen MR) is 144 cm³/mol. The maximum Gasteiger partial charge on any atom is 0.256 e. The fourth-order valence-electron chi connectivity index (χ4n) is 3.82. The summed E-state index contributed by atoms with van der Waals surface area (Å²) in [6.07, 6.45) is 0. The van der Waals surface area contributed by atoms with Gasteiger partial charge >= 0.3 is 0 Å². The monoisotopic (exact) mass is 571 g/mol. The van der Waals surface area contributed by atoms with Crippen LogP contribution in [-0.2, 0) is 6.54 Å². The van der Waals surface area contributed by atoms with E-state index in [-0.39, 0.29) is 30.6 Å². The summed E-state index contributed by atoms with van der Waals surface area (Å²) in [4.78, 5) is 28.1. The largest absolute Gasteiger partial charge is 0.454 e. The molecule has 7 nitrogen and oxygen atoms in total. The van der Waals surface area contributed by atoms with E-state index in [0.29, 0.717) is 56.5 Å². The highest BCUT2D eigenvalue weighted by molar-refractivity contribution is 9.10. The van der Waals surface area contributed by atoms with Crippen LogP contribution in [0.4, 0.5) is 5.69 Å². The Balaban J connectivity index is 1.60. The van der Waals surface area contributed by atoms with E-state index in [1.807, 2.05) is 19.9 Å². The van der Waals surface area contributed by atoms with E-state index in [9.17, 15) is 9.59 Å². The highest BCUT2D eigenvalue weighted by Crippen LogP contribution is 2.33. The Morgan fingerprint density at radius 1 is 1.08 bits per heavy atom. The molecule has 0 bridgehead atoms. The number of fused-ring (bicyclic) bond motifs is 1. The number of rotatable bonds is 8. The topological polar surface area (TPSA) is 93.9 Å². The molecule has 0 saturated carbocycles. The fourth-order valence-corrected chi connectivity index (χ4v) is 4.46. The zero-order valence-electron chi connectivity index (χ0n) is 20.0. The molecule has 0 aromatic heterocycles. The van der Waals surface area contributed by atoms with E-state index in [4.69, 9.17) is 26.8 Å². The van der Waals surface area contributed by atoms with Gasteiger partial charge in [0, 0.05) is 33.8 Å². The first-order chi connectivity index (χ1) is 17.2. The van der Waals surface area contributed by atoms with Crippen molar-refractivity contribution in [3.05, 3.63) is 86.8 Å². The molecule has 9 heteroatoms. The van der Waals surface area contributed by atoms with Gasteiger partial charge in [0.25, 0.3) is 11.8 Å². The number of halogens is 2. The molecular formula is C27H27BrClN3O4. The lowest BCUT2D eigenvalue weighted by Crippen LogP contribution is -2.41. The molecule has 3 aromatic rings. The molecule has 3 aromatic carbocycles. The van der Waals surface area contributed by atoms with E-state index < -0.39 is 0 Å². The quantitative estimate of drug-likeness (QED) is 0.361. The van der Waals surface area contributed by atoms with Crippen molar-refractivity contribution in [2.75, 3.05) is 25.2 Å². The normalized spacial score (nSPS) is 12.4. The van der Waals surface area contributed by atoms with Crippen molar-refractivity contribution in [1.29, 1.82) is 0 Å². The van der Waals surface area contributed by atoms with Crippen molar-refractivity contribution in [1.82, 2.24) is 4.90 Å². The molecule has 1 aliphatic rings. The van der Waals surface area contributed by atoms with Crippen LogP contribution in [0.1, 0.15) is 40.1 Å². The van der Waals surface area contributed by atoms with Gasteiger partial charge in [-0.15, -0.1) is 0 Å². The average Bonchev–Trinajstić information content (AvgIpc) is 3.33. The number of amides is 2. The molecule has 2 amide bonds. The highest BCUT2D eigenvalue weighted by atomic mass is 79.9. The van der Waals surface area contributed by atoms with Gasteiger partial charge in [0.05, 0.1) is 5.56 Å². The van der Waals surface area contributed by atoms with Crippen LogP contribution in [-0.4, -0.2) is 36.6 Å². The average molecular weight is 573 g/mol. The third-order valence-corrected chi connectivity index (χ3v) is 6.92. The lowest BCUT2D eigenvalue weighted by atomic mass is 9.92. The van der Waals surface area contributed by atoms with Gasteiger partial charge in [0.2, 0.25) is 6.79 Å². The molecule has 0 aliphatic carbocycles. The Labute approximate surface area is 223 Å². The summed E-state index contributed by atoms with van der Waals surface area (Å²) in [5.74, 6) is 0.701. The fraction of sp³-hybridized carbons (Fsp3) is 0.259. The number of carbonyl (C=O) groups is 2. The third kappa shape index (κ3) is 6.00. The minimum Gasteiger partial charge on any atom is -0.454 e. The molecule has 188 valence electrons. The van der Waals surface area contributed by atoms with E-state index in [1.54, 1.807) is 59.5 Å². The number of nitrogens with one attached hydrogen (secondary N) is 1. The van der Waals surface area contributed by atoms with E-state index in [0.717, 1.165) is 0 Å². The number of hydrogen-bond acceptors (Lipinski definition) is 5. The molecule has 0 radical (unpaired) electrons. The second-order valence-electron chi connectivity index (χ2n) is 9.34. The molecule has 1 heterocycles. The van der Waals surface area contributed by atoms with Crippen molar-refractivity contribution < 1.29 is 19.1 Å². The second kappa shape index (κ2) is 10.9. The standard InChI is InChI=1S/C27H27BrClN3O4/c1-27(2,14-30)15-32(26(34)17-7-10-23-24(12-17)36-16-35-23)13-18-11-19(8-9-22(18)29)31-25(33)20-5-3-4-6-21(20)28/h3-12H,13-16,30H2,1-2H3,(H,31,33). The molecule has 0 spiro atoms. The first-order valence-electron chi connectivity index (χ1n) is 11.4. The van der Waals surface area contributed by atoms with Crippen molar-refractivity contribution in [2.24, 2.45) is 11.1 Å². The SMILES string of the molecule is CC(C)(CN)CN(Cc1cc(NC(=O)c2ccccc2Br)ccc1Cl)C(=O)c1ccc2c(c1)OCO2. The van der Waals surface area contributed by atoms with Crippen LogP contribution in [0.15, 0.2) is 65.1 Å². The van der Waals surface area contributed by atoms with Gasteiger partial charge in [0.1, 0.15) is 0 Å². The summed E-state index contributed by atoms with van der Waals surface area (Å²) in [7, 11) is 0. The number of hydrogen-bond donors (Lipinski definition) is 2. The van der Waals surface area contributed by atoms with Gasteiger partial charge in [-0.2, -0.15) is 0 Å². The Bertz CT molecular complexity index is 1300. The smallest absolute Gasteiger partial charge is 0.256 e. The van der Waals surface area contributed by atoms with Gasteiger partial charge in [-0.3, -0.25) is 9.59 Å². The Kier molecular flexibility index (Phi) is 7.88. The Morgan fingerprint density at radius 3 is 2.58 bits per heavy atom. The lowest BCUT2D eigenvalue weighted by molar-refractivity contribution is 0.0673. The minimum atomic E-state index is -0.329. The van der Waals surface area contributed by atoms with Crippen molar-refractivity contribution in [3.63, 3.8) is 0 Å². The van der Waals surface area contributed by atoms with Crippen LogP contribution in [0.3, 0.4) is 0 Å². The molecule has 3 N–H and O–H groups in total. The molecule has 4 rings (SSSR count). The van der Waals surface area contributed by atoms with Crippen LogP contribution in [0.25, 0.3) is 0 Å². The maximum absolute atomic E-state index is 13.6. The number of carbonyl (C=O) groups excluding carboxylic acids is 2. The number of nitrogens with zero attached hydrogens (tertiary/aromatic N) is 1. The van der Waals surface area contributed by atoms with Gasteiger partial charge in [0.15, 0.2) is 11.5 Å².